The Balaban J connectivity index is 0.000000276. The van der Waals surface area contributed by atoms with Gasteiger partial charge in [-0.1, -0.05) is 73.5 Å². The summed E-state index contributed by atoms with van der Waals surface area (Å²) < 4.78 is 37.3. The molecule has 0 atom stereocenters. The van der Waals surface area contributed by atoms with Crippen LogP contribution in [0.25, 0.3) is 0 Å². The summed E-state index contributed by atoms with van der Waals surface area (Å²) in [5, 5.41) is 9.29. The van der Waals surface area contributed by atoms with Crippen molar-refractivity contribution in [3.05, 3.63) is 100 Å². The Kier molecular flexibility index (Phi) is 14.3. The van der Waals surface area contributed by atoms with Crippen LogP contribution in [0.2, 0.25) is 0 Å². The van der Waals surface area contributed by atoms with Gasteiger partial charge in [-0.05, 0) is 67.9 Å². The van der Waals surface area contributed by atoms with Crippen molar-refractivity contribution in [1.29, 1.82) is 0 Å². The number of esters is 1. The maximum absolute atomic E-state index is 13.6. The molecule has 0 saturated heterocycles. The average Bonchev–Trinajstić information content (AvgIpc) is 3.46. The zero-order chi connectivity index (χ0) is 28.3. The van der Waals surface area contributed by atoms with Crippen LogP contribution in [0.1, 0.15) is 63.0 Å². The second-order valence-corrected chi connectivity index (χ2v) is 9.21. The molecule has 0 spiro atoms. The Morgan fingerprint density at radius 1 is 1.08 bits per heavy atom. The molecular formula is C30H37F2NO6. The molecule has 0 unspecified atom stereocenters. The van der Waals surface area contributed by atoms with Crippen LogP contribution in [0.3, 0.4) is 0 Å². The molecule has 1 fully saturated rings. The third-order valence-electron chi connectivity index (χ3n) is 5.90. The lowest BCUT2D eigenvalue weighted by atomic mass is 10.1. The van der Waals surface area contributed by atoms with Gasteiger partial charge in [-0.15, -0.1) is 10.1 Å². The molecule has 0 aliphatic heterocycles. The van der Waals surface area contributed by atoms with Gasteiger partial charge in [-0.2, -0.15) is 8.78 Å². The average molecular weight is 546 g/mol. The van der Waals surface area contributed by atoms with E-state index in [4.69, 9.17) is 9.47 Å². The number of halogens is 2. The normalized spacial score (nSPS) is 13.7. The van der Waals surface area contributed by atoms with E-state index in [0.29, 0.717) is 23.7 Å². The molecule has 3 rings (SSSR count). The summed E-state index contributed by atoms with van der Waals surface area (Å²) in [6.45, 7) is 1.39. The zero-order valence-electron chi connectivity index (χ0n) is 22.3. The third kappa shape index (κ3) is 14.7. The quantitative estimate of drug-likeness (QED) is 0.0797. The Morgan fingerprint density at radius 2 is 1.77 bits per heavy atom. The number of carbonyl (C=O) groups excluding carboxylic acids is 1. The molecule has 39 heavy (non-hydrogen) atoms. The number of ether oxygens (including phenoxy) is 2. The number of hydrogen-bond donors (Lipinski definition) is 0. The molecule has 212 valence electrons. The molecule has 0 radical (unpaired) electrons. The van der Waals surface area contributed by atoms with E-state index in [1.54, 1.807) is 54.6 Å². The van der Waals surface area contributed by atoms with Crippen molar-refractivity contribution in [1.82, 2.24) is 0 Å². The highest BCUT2D eigenvalue weighted by Crippen LogP contribution is 2.28. The first kappa shape index (κ1) is 31.5. The number of unbranched alkanes of at least 4 members (excludes halogenated alkanes) is 1. The predicted octanol–water partition coefficient (Wildman–Crippen LogP) is 7.63. The first-order chi connectivity index (χ1) is 18.8. The highest BCUT2D eigenvalue weighted by atomic mass is 19.3. The minimum absolute atomic E-state index is 0.113. The maximum Gasteiger partial charge on any atom is 0.306 e. The van der Waals surface area contributed by atoms with Crippen LogP contribution in [-0.4, -0.2) is 23.6 Å². The van der Waals surface area contributed by atoms with Crippen LogP contribution in [0, 0.1) is 16.0 Å². The molecule has 9 heteroatoms. The number of allylic oxidation sites excluding steroid dienone is 3. The number of carbonyl (C=O) groups is 1. The van der Waals surface area contributed by atoms with Crippen LogP contribution in [0.5, 0.6) is 5.75 Å². The van der Waals surface area contributed by atoms with Crippen molar-refractivity contribution in [2.24, 2.45) is 5.92 Å². The number of para-hydroxylation sites is 1. The molecule has 2 aromatic rings. The fourth-order valence-corrected chi connectivity index (χ4v) is 3.87. The highest BCUT2D eigenvalue weighted by molar-refractivity contribution is 5.69. The van der Waals surface area contributed by atoms with Crippen molar-refractivity contribution in [2.75, 3.05) is 6.61 Å². The molecule has 0 aromatic heterocycles. The Labute approximate surface area is 228 Å². The summed E-state index contributed by atoms with van der Waals surface area (Å²) in [7, 11) is 0. The summed E-state index contributed by atoms with van der Waals surface area (Å²) in [4.78, 5) is 25.9. The fraction of sp³-hybridized carbons (Fsp3) is 0.433. The van der Waals surface area contributed by atoms with Crippen molar-refractivity contribution in [2.45, 2.75) is 71.0 Å². The third-order valence-corrected chi connectivity index (χ3v) is 5.90. The van der Waals surface area contributed by atoms with E-state index in [1.807, 2.05) is 25.1 Å². The SMILES string of the molecule is CC=CCCCC(=O)OCc1cccc(CO[N+](=O)[O-])c1.FC(F)(/C=C/C1CCCC1)COc1ccccc1. The first-order valence-corrected chi connectivity index (χ1v) is 13.1. The largest absolute Gasteiger partial charge is 0.487 e. The lowest BCUT2D eigenvalue weighted by Crippen LogP contribution is -2.23. The number of alkyl halides is 2. The fourth-order valence-electron chi connectivity index (χ4n) is 3.87. The van der Waals surface area contributed by atoms with Gasteiger partial charge in [0, 0.05) is 6.42 Å². The summed E-state index contributed by atoms with van der Waals surface area (Å²) in [6, 6.07) is 15.7. The Hall–Kier alpha value is -3.75. The van der Waals surface area contributed by atoms with E-state index in [2.05, 4.69) is 4.84 Å². The summed E-state index contributed by atoms with van der Waals surface area (Å²) in [6.07, 6.45) is 13.0. The number of nitrogens with zero attached hydrogens (tertiary/aromatic N) is 1. The molecule has 0 N–H and O–H groups in total. The first-order valence-electron chi connectivity index (χ1n) is 13.1. The Bertz CT molecular complexity index is 1050. The Morgan fingerprint density at radius 3 is 2.44 bits per heavy atom. The van der Waals surface area contributed by atoms with Crippen molar-refractivity contribution >= 4 is 5.97 Å². The summed E-state index contributed by atoms with van der Waals surface area (Å²) in [5.41, 5.74) is 1.44. The highest BCUT2D eigenvalue weighted by Gasteiger charge is 2.27. The van der Waals surface area contributed by atoms with Crippen molar-refractivity contribution in [3.8, 4) is 5.75 Å². The van der Waals surface area contributed by atoms with E-state index in [-0.39, 0.29) is 19.2 Å². The molecule has 1 saturated carbocycles. The van der Waals surface area contributed by atoms with Gasteiger partial charge in [-0.3, -0.25) is 4.79 Å². The topological polar surface area (TPSA) is 87.9 Å². The second kappa shape index (κ2) is 17.7. The van der Waals surface area contributed by atoms with Gasteiger partial charge in [0.1, 0.15) is 19.0 Å². The van der Waals surface area contributed by atoms with Crippen LogP contribution in [-0.2, 0) is 27.6 Å². The van der Waals surface area contributed by atoms with Gasteiger partial charge in [0.2, 0.25) is 0 Å². The predicted molar refractivity (Wildman–Crippen MR) is 145 cm³/mol. The molecule has 1 aliphatic rings. The molecule has 0 amide bonds. The van der Waals surface area contributed by atoms with Gasteiger partial charge in [0.25, 0.3) is 11.0 Å². The maximum atomic E-state index is 13.6. The molecular weight excluding hydrogens is 508 g/mol. The van der Waals surface area contributed by atoms with E-state index in [1.165, 1.54) is 0 Å². The smallest absolute Gasteiger partial charge is 0.306 e. The number of benzene rings is 2. The minimum atomic E-state index is -2.89. The molecule has 0 bridgehead atoms. The van der Waals surface area contributed by atoms with E-state index in [9.17, 15) is 23.7 Å². The monoisotopic (exact) mass is 545 g/mol. The summed E-state index contributed by atoms with van der Waals surface area (Å²) >= 11 is 0. The molecule has 1 aliphatic carbocycles. The minimum Gasteiger partial charge on any atom is -0.487 e. The van der Waals surface area contributed by atoms with Crippen LogP contribution in [0.4, 0.5) is 8.78 Å². The van der Waals surface area contributed by atoms with Gasteiger partial charge in [0.15, 0.2) is 6.61 Å². The van der Waals surface area contributed by atoms with E-state index >= 15 is 0 Å². The van der Waals surface area contributed by atoms with Gasteiger partial charge < -0.3 is 14.3 Å². The van der Waals surface area contributed by atoms with Crippen molar-refractivity contribution in [3.63, 3.8) is 0 Å². The second-order valence-electron chi connectivity index (χ2n) is 9.21. The lowest BCUT2D eigenvalue weighted by Gasteiger charge is -2.14. The molecule has 7 nitrogen and oxygen atoms in total. The summed E-state index contributed by atoms with van der Waals surface area (Å²) in [5.74, 6) is -2.33. The number of rotatable bonds is 14. The van der Waals surface area contributed by atoms with Crippen molar-refractivity contribution < 1.29 is 33.0 Å². The van der Waals surface area contributed by atoms with Gasteiger partial charge in [-0.25, -0.2) is 0 Å². The van der Waals surface area contributed by atoms with Crippen LogP contribution < -0.4 is 4.74 Å². The molecule has 2 aromatic carbocycles. The standard InChI is InChI=1S/C15H18F2O.C15H19NO5/c16-15(17,11-10-13-6-4-5-7-13)12-18-14-8-2-1-3-9-14;1-2-3-4-5-9-15(17)20-11-13-7-6-8-14(10-13)12-21-16(18)19/h1-3,8-11,13H,4-7,12H2;2-3,6-8,10H,4-5,9,11-12H2,1H3/b11-10+;. The van der Waals surface area contributed by atoms with E-state index in [0.717, 1.165) is 50.2 Å². The van der Waals surface area contributed by atoms with Gasteiger partial charge >= 0.3 is 5.97 Å². The lowest BCUT2D eigenvalue weighted by molar-refractivity contribution is -0.763. The van der Waals surface area contributed by atoms with E-state index < -0.39 is 17.6 Å². The van der Waals surface area contributed by atoms with Crippen LogP contribution >= 0.6 is 0 Å². The zero-order valence-corrected chi connectivity index (χ0v) is 22.3. The van der Waals surface area contributed by atoms with Gasteiger partial charge in [0.05, 0.1) is 0 Å². The number of hydrogen-bond acceptors (Lipinski definition) is 6. The van der Waals surface area contributed by atoms with Crippen LogP contribution in [0.15, 0.2) is 78.9 Å². The molecule has 0 heterocycles.